The average Bonchev–Trinajstić information content (AvgIpc) is 3.39. The smallest absolute Gasteiger partial charge is 0.410 e. The number of ether oxygens (including phenoxy) is 1. The van der Waals surface area contributed by atoms with Crippen LogP contribution in [0.15, 0.2) is 67.1 Å². The number of rotatable bonds is 7. The lowest BCUT2D eigenvalue weighted by Gasteiger charge is -2.24. The number of nitriles is 1. The van der Waals surface area contributed by atoms with Crippen molar-refractivity contribution >= 4 is 29.2 Å². The van der Waals surface area contributed by atoms with Crippen molar-refractivity contribution in [2.24, 2.45) is 0 Å². The topological polar surface area (TPSA) is 133 Å². The summed E-state index contributed by atoms with van der Waals surface area (Å²) in [4.78, 5) is 44.9. The fraction of sp³-hybridized carbons (Fsp3) is 0.267. The number of amides is 3. The molecule has 0 aliphatic carbocycles. The number of fused-ring (bicyclic) bond motifs is 1. The molecule has 3 aromatic heterocycles. The van der Waals surface area contributed by atoms with E-state index in [1.807, 2.05) is 18.2 Å². The number of carbonyl (C=O) groups excluding carboxylic acids is 3. The Kier molecular flexibility index (Phi) is 8.33. The van der Waals surface area contributed by atoms with Gasteiger partial charge in [0.2, 0.25) is 0 Å². The quantitative estimate of drug-likeness (QED) is 0.364. The normalized spacial score (nSPS) is 11.0. The van der Waals surface area contributed by atoms with Gasteiger partial charge < -0.3 is 15.0 Å². The molecule has 210 valence electrons. The summed E-state index contributed by atoms with van der Waals surface area (Å²) in [5, 5.41) is 16.2. The summed E-state index contributed by atoms with van der Waals surface area (Å²) in [6.45, 7) is 5.97. The van der Waals surface area contributed by atoms with Gasteiger partial charge in [0, 0.05) is 56.3 Å². The maximum absolute atomic E-state index is 13.2. The number of nitrogens with one attached hydrogen (secondary N) is 1. The first-order chi connectivity index (χ1) is 19.5. The summed E-state index contributed by atoms with van der Waals surface area (Å²) in [5.74, 6) is -0.101. The number of carbonyl (C=O) groups is 3. The third-order valence-electron chi connectivity index (χ3n) is 6.19. The molecule has 0 aliphatic rings. The second-order valence-corrected chi connectivity index (χ2v) is 10.4. The SMILES string of the molecule is CN(CCNC(=O)c1ccc(-c2cnn3ccc(C(=O)N(C)c4ccc(C#N)cn4)cc23)cc1)C(=O)OC(C)(C)C. The summed E-state index contributed by atoms with van der Waals surface area (Å²) in [7, 11) is 3.24. The van der Waals surface area contributed by atoms with Gasteiger partial charge in [0.1, 0.15) is 17.5 Å². The molecular weight excluding hydrogens is 522 g/mol. The number of likely N-dealkylation sites (N-methyl/N-ethyl adjacent to an activating group) is 1. The van der Waals surface area contributed by atoms with E-state index in [1.165, 1.54) is 16.0 Å². The highest BCUT2D eigenvalue weighted by atomic mass is 16.6. The zero-order valence-electron chi connectivity index (χ0n) is 23.6. The van der Waals surface area contributed by atoms with Crippen molar-refractivity contribution in [3.8, 4) is 17.2 Å². The monoisotopic (exact) mass is 553 g/mol. The number of benzene rings is 1. The molecule has 0 atom stereocenters. The Morgan fingerprint density at radius 3 is 2.39 bits per heavy atom. The van der Waals surface area contributed by atoms with Gasteiger partial charge in [0.05, 0.1) is 17.3 Å². The van der Waals surface area contributed by atoms with E-state index in [0.717, 1.165) is 16.6 Å². The molecule has 0 radical (unpaired) electrons. The summed E-state index contributed by atoms with van der Waals surface area (Å²) >= 11 is 0. The van der Waals surface area contributed by atoms with Crippen molar-refractivity contribution in [3.05, 3.63) is 83.8 Å². The molecule has 0 aliphatic heterocycles. The maximum Gasteiger partial charge on any atom is 0.410 e. The minimum Gasteiger partial charge on any atom is -0.444 e. The van der Waals surface area contributed by atoms with Gasteiger partial charge in [0.15, 0.2) is 0 Å². The van der Waals surface area contributed by atoms with Crippen LogP contribution in [0.1, 0.15) is 47.1 Å². The minimum absolute atomic E-state index is 0.263. The molecule has 0 bridgehead atoms. The van der Waals surface area contributed by atoms with Crippen LogP contribution in [0.3, 0.4) is 0 Å². The van der Waals surface area contributed by atoms with E-state index in [9.17, 15) is 14.4 Å². The Labute approximate surface area is 238 Å². The largest absolute Gasteiger partial charge is 0.444 e. The molecule has 4 rings (SSSR count). The number of aromatic nitrogens is 3. The lowest BCUT2D eigenvalue weighted by atomic mass is 10.0. The van der Waals surface area contributed by atoms with Gasteiger partial charge in [0.25, 0.3) is 11.8 Å². The molecule has 1 N–H and O–H groups in total. The summed E-state index contributed by atoms with van der Waals surface area (Å²) in [5.41, 5.74) is 3.08. The molecule has 0 spiro atoms. The Bertz CT molecular complexity index is 1610. The highest BCUT2D eigenvalue weighted by Crippen LogP contribution is 2.26. The van der Waals surface area contributed by atoms with E-state index in [-0.39, 0.29) is 18.4 Å². The summed E-state index contributed by atoms with van der Waals surface area (Å²) in [6, 6.07) is 15.7. The van der Waals surface area contributed by atoms with Crippen LogP contribution in [-0.4, -0.2) is 70.2 Å². The number of hydrogen-bond acceptors (Lipinski definition) is 7. The van der Waals surface area contributed by atoms with Gasteiger partial charge in [-0.15, -0.1) is 0 Å². The molecule has 11 nitrogen and oxygen atoms in total. The molecule has 0 unspecified atom stereocenters. The molecule has 3 amide bonds. The predicted molar refractivity (Wildman–Crippen MR) is 154 cm³/mol. The maximum atomic E-state index is 13.2. The Morgan fingerprint density at radius 1 is 1.02 bits per heavy atom. The van der Waals surface area contributed by atoms with Crippen molar-refractivity contribution in [2.75, 3.05) is 32.1 Å². The highest BCUT2D eigenvalue weighted by molar-refractivity contribution is 6.06. The third kappa shape index (κ3) is 6.86. The second kappa shape index (κ2) is 11.9. The zero-order chi connectivity index (χ0) is 29.7. The molecule has 0 fully saturated rings. The fourth-order valence-corrected chi connectivity index (χ4v) is 3.96. The van der Waals surface area contributed by atoms with E-state index < -0.39 is 11.7 Å². The van der Waals surface area contributed by atoms with Crippen LogP contribution in [-0.2, 0) is 4.74 Å². The molecule has 41 heavy (non-hydrogen) atoms. The van der Waals surface area contributed by atoms with Crippen molar-refractivity contribution < 1.29 is 19.1 Å². The second-order valence-electron chi connectivity index (χ2n) is 10.4. The predicted octanol–water partition coefficient (Wildman–Crippen LogP) is 4.14. The van der Waals surface area contributed by atoms with E-state index in [4.69, 9.17) is 10.00 Å². The van der Waals surface area contributed by atoms with E-state index in [1.54, 1.807) is 88.2 Å². The van der Waals surface area contributed by atoms with Gasteiger partial charge in [-0.3, -0.25) is 14.5 Å². The molecule has 11 heteroatoms. The van der Waals surface area contributed by atoms with Crippen molar-refractivity contribution in [2.45, 2.75) is 26.4 Å². The van der Waals surface area contributed by atoms with Crippen molar-refractivity contribution in [1.82, 2.24) is 24.8 Å². The van der Waals surface area contributed by atoms with E-state index in [2.05, 4.69) is 15.4 Å². The third-order valence-corrected chi connectivity index (χ3v) is 6.19. The van der Waals surface area contributed by atoms with E-state index in [0.29, 0.717) is 29.1 Å². The number of pyridine rings is 2. The van der Waals surface area contributed by atoms with Crippen LogP contribution >= 0.6 is 0 Å². The number of nitrogens with zero attached hydrogens (tertiary/aromatic N) is 6. The molecule has 3 heterocycles. The van der Waals surface area contributed by atoms with Gasteiger partial charge in [-0.1, -0.05) is 12.1 Å². The standard InChI is InChI=1S/C30H31N7O4/c1-30(2,3)41-29(40)35(4)15-13-32-27(38)22-9-7-21(8-10-22)24-19-34-37-14-12-23(16-25(24)37)28(39)36(5)26-11-6-20(17-31)18-33-26/h6-12,14,16,18-19H,13,15H2,1-5H3,(H,32,38). The Balaban J connectivity index is 1.43. The van der Waals surface area contributed by atoms with E-state index >= 15 is 0 Å². The van der Waals surface area contributed by atoms with Crippen LogP contribution in [0, 0.1) is 11.3 Å². The minimum atomic E-state index is -0.589. The fourth-order valence-electron chi connectivity index (χ4n) is 3.96. The lowest BCUT2D eigenvalue weighted by molar-refractivity contribution is 0.0299. The first-order valence-electron chi connectivity index (χ1n) is 12.9. The summed E-state index contributed by atoms with van der Waals surface area (Å²) < 4.78 is 6.99. The average molecular weight is 554 g/mol. The van der Waals surface area contributed by atoms with Gasteiger partial charge >= 0.3 is 6.09 Å². The number of hydrogen-bond donors (Lipinski definition) is 1. The van der Waals surface area contributed by atoms with Crippen molar-refractivity contribution in [3.63, 3.8) is 0 Å². The van der Waals surface area contributed by atoms with Crippen LogP contribution in [0.5, 0.6) is 0 Å². The number of anilines is 1. The van der Waals surface area contributed by atoms with Gasteiger partial charge in [-0.05, 0) is 62.7 Å². The van der Waals surface area contributed by atoms with Gasteiger partial charge in [-0.2, -0.15) is 10.4 Å². The van der Waals surface area contributed by atoms with Crippen LogP contribution in [0.25, 0.3) is 16.6 Å². The molecule has 1 aromatic carbocycles. The molecule has 4 aromatic rings. The molecule has 0 saturated heterocycles. The first-order valence-corrected chi connectivity index (χ1v) is 12.9. The lowest BCUT2D eigenvalue weighted by Crippen LogP contribution is -2.39. The molecular formula is C30H31N7O4. The first kappa shape index (κ1) is 28.8. The Hall–Kier alpha value is -5.24. The Morgan fingerprint density at radius 2 is 1.76 bits per heavy atom. The van der Waals surface area contributed by atoms with Crippen LogP contribution < -0.4 is 10.2 Å². The van der Waals surface area contributed by atoms with Gasteiger partial charge in [-0.25, -0.2) is 14.3 Å². The summed E-state index contributed by atoms with van der Waals surface area (Å²) in [6.07, 6.45) is 4.38. The van der Waals surface area contributed by atoms with Crippen LogP contribution in [0.4, 0.5) is 10.6 Å². The molecule has 0 saturated carbocycles. The zero-order valence-corrected chi connectivity index (χ0v) is 23.6. The highest BCUT2D eigenvalue weighted by Gasteiger charge is 2.20. The van der Waals surface area contributed by atoms with Crippen molar-refractivity contribution in [1.29, 1.82) is 5.26 Å². The van der Waals surface area contributed by atoms with Crippen LogP contribution in [0.2, 0.25) is 0 Å².